The highest BCUT2D eigenvalue weighted by Crippen LogP contribution is 2.26. The smallest absolute Gasteiger partial charge is 0.279 e. The monoisotopic (exact) mass is 410 g/mol. The van der Waals surface area contributed by atoms with Crippen molar-refractivity contribution < 1.29 is 19.2 Å². The highest BCUT2D eigenvalue weighted by atomic mass is 16.5. The number of quaternary nitrogens is 1. The van der Waals surface area contributed by atoms with Crippen molar-refractivity contribution in [2.45, 2.75) is 25.8 Å². The van der Waals surface area contributed by atoms with Crippen LogP contribution >= 0.6 is 0 Å². The molecule has 1 aliphatic rings. The van der Waals surface area contributed by atoms with Crippen molar-refractivity contribution >= 4 is 22.6 Å². The van der Waals surface area contributed by atoms with Gasteiger partial charge in [-0.05, 0) is 24.6 Å². The van der Waals surface area contributed by atoms with Crippen LogP contribution in [-0.2, 0) is 4.79 Å². The number of carbonyl (C=O) groups is 1. The van der Waals surface area contributed by atoms with Crippen LogP contribution < -0.4 is 19.7 Å². The van der Waals surface area contributed by atoms with E-state index in [-0.39, 0.29) is 5.91 Å². The molecule has 2 aromatic carbocycles. The minimum Gasteiger partial charge on any atom is -0.497 e. The second-order valence-electron chi connectivity index (χ2n) is 7.83. The standard InChI is InChI=1S/C22H27N5O3/c1-15-4-5-21-20(10-15)24-25-27(21)17-6-8-26(9-7-17)14-22(28)23-16-11-18(29-2)13-19(12-16)30-3/h4-5,10-13,17H,6-9,14H2,1-3H3,(H,23,28)/p+1. The maximum absolute atomic E-state index is 12.6. The first-order valence-electron chi connectivity index (χ1n) is 10.2. The number of benzene rings is 2. The van der Waals surface area contributed by atoms with E-state index >= 15 is 0 Å². The number of hydrogen-bond donors (Lipinski definition) is 2. The van der Waals surface area contributed by atoms with Gasteiger partial charge in [0.15, 0.2) is 6.54 Å². The molecule has 2 N–H and O–H groups in total. The molecular weight excluding hydrogens is 382 g/mol. The molecule has 0 aliphatic carbocycles. The first-order valence-corrected chi connectivity index (χ1v) is 10.2. The summed E-state index contributed by atoms with van der Waals surface area (Å²) < 4.78 is 12.6. The van der Waals surface area contributed by atoms with Crippen LogP contribution in [0.3, 0.4) is 0 Å². The van der Waals surface area contributed by atoms with Crippen LogP contribution in [0.2, 0.25) is 0 Å². The van der Waals surface area contributed by atoms with Gasteiger partial charge >= 0.3 is 0 Å². The number of rotatable bonds is 6. The van der Waals surface area contributed by atoms with E-state index in [2.05, 4.69) is 40.8 Å². The lowest BCUT2D eigenvalue weighted by molar-refractivity contribution is -0.897. The van der Waals surface area contributed by atoms with Gasteiger partial charge in [-0.25, -0.2) is 4.68 Å². The average Bonchev–Trinajstić information content (AvgIpc) is 3.16. The van der Waals surface area contributed by atoms with Crippen molar-refractivity contribution in [1.29, 1.82) is 0 Å². The predicted octanol–water partition coefficient (Wildman–Crippen LogP) is 1.62. The summed E-state index contributed by atoms with van der Waals surface area (Å²) in [5.41, 5.74) is 3.89. The summed E-state index contributed by atoms with van der Waals surface area (Å²) in [4.78, 5) is 13.8. The Balaban J connectivity index is 1.34. The molecular formula is C22H28N5O3+. The quantitative estimate of drug-likeness (QED) is 0.645. The molecule has 0 unspecified atom stereocenters. The number of aromatic nitrogens is 3. The van der Waals surface area contributed by atoms with Crippen molar-refractivity contribution in [3.8, 4) is 11.5 Å². The Hall–Kier alpha value is -3.13. The molecule has 0 bridgehead atoms. The maximum Gasteiger partial charge on any atom is 0.279 e. The Morgan fingerprint density at radius 3 is 2.50 bits per heavy atom. The van der Waals surface area contributed by atoms with Crippen molar-refractivity contribution in [3.63, 3.8) is 0 Å². The summed E-state index contributed by atoms with van der Waals surface area (Å²) in [7, 11) is 3.18. The van der Waals surface area contributed by atoms with Crippen LogP contribution in [0.1, 0.15) is 24.4 Å². The fourth-order valence-electron chi connectivity index (χ4n) is 4.07. The largest absolute Gasteiger partial charge is 0.497 e. The zero-order chi connectivity index (χ0) is 21.1. The number of anilines is 1. The molecule has 0 radical (unpaired) electrons. The van der Waals surface area contributed by atoms with Crippen LogP contribution in [0.15, 0.2) is 36.4 Å². The van der Waals surface area contributed by atoms with Gasteiger partial charge in [0, 0.05) is 36.7 Å². The highest BCUT2D eigenvalue weighted by molar-refractivity contribution is 5.91. The summed E-state index contributed by atoms with van der Waals surface area (Å²) in [6, 6.07) is 11.9. The fraction of sp³-hybridized carbons (Fsp3) is 0.409. The number of nitrogens with one attached hydrogen (secondary N) is 2. The fourth-order valence-corrected chi connectivity index (χ4v) is 4.07. The predicted molar refractivity (Wildman–Crippen MR) is 114 cm³/mol. The van der Waals surface area contributed by atoms with Gasteiger partial charge in [-0.3, -0.25) is 4.79 Å². The number of aryl methyl sites for hydroxylation is 1. The number of amides is 1. The molecule has 4 rings (SSSR count). The van der Waals surface area contributed by atoms with Crippen LogP contribution in [0.5, 0.6) is 11.5 Å². The van der Waals surface area contributed by atoms with Crippen LogP contribution in [0, 0.1) is 6.92 Å². The number of methoxy groups -OCH3 is 2. The van der Waals surface area contributed by atoms with Gasteiger partial charge in [-0.15, -0.1) is 5.10 Å². The molecule has 8 heteroatoms. The number of hydrogen-bond acceptors (Lipinski definition) is 5. The van der Waals surface area contributed by atoms with E-state index in [4.69, 9.17) is 9.47 Å². The Morgan fingerprint density at radius 2 is 1.83 bits per heavy atom. The highest BCUT2D eigenvalue weighted by Gasteiger charge is 2.26. The minimum atomic E-state index is -0.0135. The summed E-state index contributed by atoms with van der Waals surface area (Å²) in [6.45, 7) is 4.34. The zero-order valence-electron chi connectivity index (χ0n) is 17.6. The Labute approximate surface area is 175 Å². The molecule has 0 atom stereocenters. The lowest BCUT2D eigenvalue weighted by atomic mass is 10.0. The summed E-state index contributed by atoms with van der Waals surface area (Å²) >= 11 is 0. The number of piperidine rings is 1. The molecule has 1 saturated heterocycles. The third kappa shape index (κ3) is 4.38. The van der Waals surface area contributed by atoms with Gasteiger partial charge in [0.2, 0.25) is 0 Å². The average molecular weight is 410 g/mol. The number of carbonyl (C=O) groups excluding carboxylic acids is 1. The molecule has 1 aliphatic heterocycles. The van der Waals surface area contributed by atoms with E-state index in [9.17, 15) is 4.79 Å². The maximum atomic E-state index is 12.6. The second kappa shape index (κ2) is 8.71. The van der Waals surface area contributed by atoms with Gasteiger partial charge < -0.3 is 19.7 Å². The first-order chi connectivity index (χ1) is 14.6. The molecule has 1 aromatic heterocycles. The lowest BCUT2D eigenvalue weighted by Crippen LogP contribution is -3.14. The summed E-state index contributed by atoms with van der Waals surface area (Å²) in [6.07, 6.45) is 1.95. The Kier molecular flexibility index (Phi) is 5.85. The third-order valence-corrected chi connectivity index (χ3v) is 5.68. The van der Waals surface area contributed by atoms with Gasteiger partial charge in [-0.1, -0.05) is 11.3 Å². The summed E-state index contributed by atoms with van der Waals surface area (Å²) in [5.74, 6) is 1.28. The topological polar surface area (TPSA) is 82.7 Å². The molecule has 0 spiro atoms. The van der Waals surface area contributed by atoms with Crippen LogP contribution in [0.4, 0.5) is 5.69 Å². The van der Waals surface area contributed by atoms with E-state index in [1.54, 1.807) is 32.4 Å². The van der Waals surface area contributed by atoms with E-state index < -0.39 is 0 Å². The van der Waals surface area contributed by atoms with Crippen molar-refractivity contribution in [3.05, 3.63) is 42.0 Å². The van der Waals surface area contributed by atoms with E-state index in [0.29, 0.717) is 29.8 Å². The second-order valence-corrected chi connectivity index (χ2v) is 7.83. The Morgan fingerprint density at radius 1 is 1.13 bits per heavy atom. The van der Waals surface area contributed by atoms with Gasteiger partial charge in [0.1, 0.15) is 17.0 Å². The number of nitrogens with zero attached hydrogens (tertiary/aromatic N) is 3. The molecule has 30 heavy (non-hydrogen) atoms. The van der Waals surface area contributed by atoms with Crippen LogP contribution in [-0.4, -0.2) is 54.8 Å². The first kappa shape index (κ1) is 20.2. The number of fused-ring (bicyclic) bond motifs is 1. The molecule has 3 aromatic rings. The normalized spacial score (nSPS) is 18.9. The summed E-state index contributed by atoms with van der Waals surface area (Å²) in [5, 5.41) is 11.7. The molecule has 1 fully saturated rings. The zero-order valence-corrected chi connectivity index (χ0v) is 17.6. The Bertz CT molecular complexity index is 1020. The molecule has 2 heterocycles. The van der Waals surface area contributed by atoms with Crippen molar-refractivity contribution in [1.82, 2.24) is 15.0 Å². The van der Waals surface area contributed by atoms with Gasteiger partial charge in [-0.2, -0.15) is 0 Å². The lowest BCUT2D eigenvalue weighted by Gasteiger charge is -2.29. The number of ether oxygens (including phenoxy) is 2. The van der Waals surface area contributed by atoms with Crippen molar-refractivity contribution in [2.24, 2.45) is 0 Å². The molecule has 8 nitrogen and oxygen atoms in total. The minimum absolute atomic E-state index is 0.0135. The van der Waals surface area contributed by atoms with Gasteiger partial charge in [0.25, 0.3) is 5.91 Å². The van der Waals surface area contributed by atoms with E-state index in [0.717, 1.165) is 37.0 Å². The van der Waals surface area contributed by atoms with E-state index in [1.807, 2.05) is 4.68 Å². The molecule has 158 valence electrons. The van der Waals surface area contributed by atoms with Gasteiger partial charge in [0.05, 0.1) is 38.9 Å². The number of likely N-dealkylation sites (tertiary alicyclic amines) is 1. The SMILES string of the molecule is COc1cc(NC(=O)C[NH+]2CCC(n3nnc4cc(C)ccc43)CC2)cc(OC)c1. The van der Waals surface area contributed by atoms with E-state index in [1.165, 1.54) is 10.5 Å². The molecule has 0 saturated carbocycles. The molecule has 1 amide bonds. The van der Waals surface area contributed by atoms with Crippen LogP contribution in [0.25, 0.3) is 11.0 Å². The third-order valence-electron chi connectivity index (χ3n) is 5.68. The van der Waals surface area contributed by atoms with Crippen molar-refractivity contribution in [2.75, 3.05) is 39.2 Å².